The molecule has 0 aliphatic carbocycles. The summed E-state index contributed by atoms with van der Waals surface area (Å²) in [6.45, 7) is 2.66. The lowest BCUT2D eigenvalue weighted by molar-refractivity contribution is 0.0953. The highest BCUT2D eigenvalue weighted by Crippen LogP contribution is 2.18. The number of pyridine rings is 1. The summed E-state index contributed by atoms with van der Waals surface area (Å²) in [5.41, 5.74) is 0.502. The van der Waals surface area contributed by atoms with E-state index in [0.717, 1.165) is 6.54 Å². The summed E-state index contributed by atoms with van der Waals surface area (Å²) in [5, 5.41) is 5.98. The van der Waals surface area contributed by atoms with Crippen molar-refractivity contribution in [2.24, 2.45) is 0 Å². The zero-order valence-corrected chi connectivity index (χ0v) is 13.1. The Labute approximate surface area is 135 Å². The number of benzene rings is 1. The lowest BCUT2D eigenvalue weighted by Gasteiger charge is -2.07. The van der Waals surface area contributed by atoms with Gasteiger partial charge in [0.2, 0.25) is 5.88 Å². The van der Waals surface area contributed by atoms with Gasteiger partial charge in [-0.25, -0.2) is 4.98 Å². The molecule has 0 saturated heterocycles. The topological polar surface area (TPSA) is 72.5 Å². The molecule has 1 aromatic carbocycles. The van der Waals surface area contributed by atoms with Crippen LogP contribution in [0.25, 0.3) is 0 Å². The SMILES string of the molecule is COCCNCCNC(=O)c1ccc(Oc2ccccc2)nc1. The first-order valence-corrected chi connectivity index (χ1v) is 7.46. The largest absolute Gasteiger partial charge is 0.439 e. The van der Waals surface area contributed by atoms with Crippen LogP contribution >= 0.6 is 0 Å². The smallest absolute Gasteiger partial charge is 0.252 e. The maximum atomic E-state index is 12.0. The van der Waals surface area contributed by atoms with Crippen LogP contribution < -0.4 is 15.4 Å². The molecule has 1 aromatic heterocycles. The first-order chi connectivity index (χ1) is 11.3. The summed E-state index contributed by atoms with van der Waals surface area (Å²) in [7, 11) is 1.65. The number of aromatic nitrogens is 1. The molecule has 2 N–H and O–H groups in total. The van der Waals surface area contributed by atoms with Gasteiger partial charge < -0.3 is 20.1 Å². The van der Waals surface area contributed by atoms with Crippen LogP contribution in [-0.2, 0) is 4.74 Å². The van der Waals surface area contributed by atoms with Gasteiger partial charge in [0, 0.05) is 39.0 Å². The van der Waals surface area contributed by atoms with Crippen molar-refractivity contribution in [2.45, 2.75) is 0 Å². The number of nitrogens with zero attached hydrogens (tertiary/aromatic N) is 1. The first kappa shape index (κ1) is 16.9. The Balaban J connectivity index is 1.76. The summed E-state index contributed by atoms with van der Waals surface area (Å²) in [6.07, 6.45) is 1.51. The Hall–Kier alpha value is -2.44. The van der Waals surface area contributed by atoms with Crippen LogP contribution in [0.2, 0.25) is 0 Å². The highest BCUT2D eigenvalue weighted by molar-refractivity contribution is 5.93. The standard InChI is InChI=1S/C17H21N3O3/c1-22-12-11-18-9-10-19-17(21)14-7-8-16(20-13-14)23-15-5-3-2-4-6-15/h2-8,13,18H,9-12H2,1H3,(H,19,21). The molecule has 0 fully saturated rings. The van der Waals surface area contributed by atoms with Crippen LogP contribution in [0.4, 0.5) is 0 Å². The summed E-state index contributed by atoms with van der Waals surface area (Å²) < 4.78 is 10.5. The molecule has 2 rings (SSSR count). The van der Waals surface area contributed by atoms with Crippen LogP contribution in [0.5, 0.6) is 11.6 Å². The monoisotopic (exact) mass is 315 g/mol. The minimum atomic E-state index is -0.155. The zero-order chi connectivity index (χ0) is 16.3. The van der Waals surface area contributed by atoms with E-state index in [1.165, 1.54) is 6.20 Å². The second-order valence-electron chi connectivity index (χ2n) is 4.80. The average Bonchev–Trinajstić information content (AvgIpc) is 2.59. The van der Waals surface area contributed by atoms with Gasteiger partial charge in [0.15, 0.2) is 0 Å². The molecule has 0 atom stereocenters. The fourth-order valence-corrected chi connectivity index (χ4v) is 1.85. The second-order valence-corrected chi connectivity index (χ2v) is 4.80. The predicted molar refractivity (Wildman–Crippen MR) is 87.8 cm³/mol. The van der Waals surface area contributed by atoms with Crippen LogP contribution in [-0.4, -0.2) is 44.2 Å². The zero-order valence-electron chi connectivity index (χ0n) is 13.1. The van der Waals surface area contributed by atoms with Gasteiger partial charge >= 0.3 is 0 Å². The van der Waals surface area contributed by atoms with Gasteiger partial charge in [-0.3, -0.25) is 4.79 Å². The molecule has 23 heavy (non-hydrogen) atoms. The summed E-state index contributed by atoms with van der Waals surface area (Å²) in [4.78, 5) is 16.1. The maximum Gasteiger partial charge on any atom is 0.252 e. The summed E-state index contributed by atoms with van der Waals surface area (Å²) >= 11 is 0. The Morgan fingerprint density at radius 1 is 1.09 bits per heavy atom. The Morgan fingerprint density at radius 3 is 2.61 bits per heavy atom. The molecule has 0 radical (unpaired) electrons. The molecule has 6 nitrogen and oxygen atoms in total. The molecule has 0 unspecified atom stereocenters. The number of para-hydroxylation sites is 1. The number of rotatable bonds is 9. The van der Waals surface area contributed by atoms with Gasteiger partial charge in [-0.05, 0) is 18.2 Å². The van der Waals surface area contributed by atoms with Crippen molar-refractivity contribution in [2.75, 3.05) is 33.4 Å². The fraction of sp³-hybridized carbons (Fsp3) is 0.294. The van der Waals surface area contributed by atoms with Gasteiger partial charge in [-0.15, -0.1) is 0 Å². The predicted octanol–water partition coefficient (Wildman–Crippen LogP) is 1.84. The van der Waals surface area contributed by atoms with E-state index in [2.05, 4.69) is 15.6 Å². The van der Waals surface area contributed by atoms with Crippen molar-refractivity contribution in [3.05, 3.63) is 54.2 Å². The van der Waals surface area contributed by atoms with Gasteiger partial charge in [-0.1, -0.05) is 18.2 Å². The van der Waals surface area contributed by atoms with Crippen molar-refractivity contribution in [3.63, 3.8) is 0 Å². The Morgan fingerprint density at radius 2 is 1.91 bits per heavy atom. The van der Waals surface area contributed by atoms with E-state index in [9.17, 15) is 4.79 Å². The molecular weight excluding hydrogens is 294 g/mol. The van der Waals surface area contributed by atoms with E-state index in [-0.39, 0.29) is 5.91 Å². The van der Waals surface area contributed by atoms with Crippen LogP contribution in [0, 0.1) is 0 Å². The van der Waals surface area contributed by atoms with Crippen molar-refractivity contribution < 1.29 is 14.3 Å². The van der Waals surface area contributed by atoms with E-state index >= 15 is 0 Å². The van der Waals surface area contributed by atoms with E-state index in [4.69, 9.17) is 9.47 Å². The molecule has 1 amide bonds. The first-order valence-electron chi connectivity index (χ1n) is 7.46. The van der Waals surface area contributed by atoms with E-state index < -0.39 is 0 Å². The molecule has 0 aliphatic rings. The van der Waals surface area contributed by atoms with E-state index in [1.807, 2.05) is 30.3 Å². The van der Waals surface area contributed by atoms with Gasteiger partial charge in [-0.2, -0.15) is 0 Å². The minimum absolute atomic E-state index is 0.155. The van der Waals surface area contributed by atoms with Gasteiger partial charge in [0.05, 0.1) is 12.2 Å². The number of ether oxygens (including phenoxy) is 2. The molecule has 6 heteroatoms. The Kier molecular flexibility index (Phi) is 7.03. The van der Waals surface area contributed by atoms with Crippen LogP contribution in [0.3, 0.4) is 0 Å². The highest BCUT2D eigenvalue weighted by Gasteiger charge is 2.06. The van der Waals surface area contributed by atoms with E-state index in [1.54, 1.807) is 19.2 Å². The fourth-order valence-electron chi connectivity index (χ4n) is 1.85. The molecule has 1 heterocycles. The molecule has 0 saturated carbocycles. The molecule has 0 bridgehead atoms. The number of amides is 1. The lowest BCUT2D eigenvalue weighted by Crippen LogP contribution is -2.33. The molecule has 0 spiro atoms. The van der Waals surface area contributed by atoms with Crippen molar-refractivity contribution in [1.82, 2.24) is 15.6 Å². The number of methoxy groups -OCH3 is 1. The quantitative estimate of drug-likeness (QED) is 0.691. The van der Waals surface area contributed by atoms with Crippen molar-refractivity contribution in [1.29, 1.82) is 0 Å². The number of hydrogen-bond acceptors (Lipinski definition) is 5. The van der Waals surface area contributed by atoms with Crippen molar-refractivity contribution in [3.8, 4) is 11.6 Å². The molecule has 122 valence electrons. The highest BCUT2D eigenvalue weighted by atomic mass is 16.5. The third-order valence-electron chi connectivity index (χ3n) is 3.03. The number of hydrogen-bond donors (Lipinski definition) is 2. The lowest BCUT2D eigenvalue weighted by atomic mass is 10.2. The van der Waals surface area contributed by atoms with Crippen molar-refractivity contribution >= 4 is 5.91 Å². The summed E-state index contributed by atoms with van der Waals surface area (Å²) in [6, 6.07) is 12.8. The average molecular weight is 315 g/mol. The number of carbonyl (C=O) groups is 1. The van der Waals surface area contributed by atoms with Crippen LogP contribution in [0.15, 0.2) is 48.7 Å². The second kappa shape index (κ2) is 9.55. The van der Waals surface area contributed by atoms with Gasteiger partial charge in [0.1, 0.15) is 5.75 Å². The maximum absolute atomic E-state index is 12.0. The molecule has 0 aliphatic heterocycles. The van der Waals surface area contributed by atoms with Crippen LogP contribution in [0.1, 0.15) is 10.4 Å². The van der Waals surface area contributed by atoms with Gasteiger partial charge in [0.25, 0.3) is 5.91 Å². The normalized spacial score (nSPS) is 10.3. The van der Waals surface area contributed by atoms with E-state index in [0.29, 0.717) is 36.9 Å². The number of carbonyl (C=O) groups excluding carboxylic acids is 1. The summed E-state index contributed by atoms with van der Waals surface area (Å²) in [5.74, 6) is 1.01. The molecular formula is C17H21N3O3. The number of nitrogens with one attached hydrogen (secondary N) is 2. The Bertz CT molecular complexity index is 588. The molecule has 2 aromatic rings. The minimum Gasteiger partial charge on any atom is -0.439 e. The third kappa shape index (κ3) is 6.06. The third-order valence-corrected chi connectivity index (χ3v) is 3.03.